The summed E-state index contributed by atoms with van der Waals surface area (Å²) in [6, 6.07) is 3.03. The zero-order chi connectivity index (χ0) is 12.4. The lowest BCUT2D eigenvalue weighted by atomic mass is 10.1. The normalized spacial score (nSPS) is 14.3. The van der Waals surface area contributed by atoms with Crippen LogP contribution in [0.2, 0.25) is 0 Å². The van der Waals surface area contributed by atoms with Crippen molar-refractivity contribution in [2.24, 2.45) is 0 Å². The molecule has 2 rings (SSSR count). The van der Waals surface area contributed by atoms with E-state index in [4.69, 9.17) is 14.2 Å². The average Bonchev–Trinajstić information content (AvgIpc) is 2.83. The second-order valence-electron chi connectivity index (χ2n) is 3.38. The lowest BCUT2D eigenvalue weighted by Gasteiger charge is -2.11. The number of aliphatic hydroxyl groups is 1. The molecule has 6 heteroatoms. The molecule has 17 heavy (non-hydrogen) atoms. The second-order valence-corrected chi connectivity index (χ2v) is 3.38. The predicted octanol–water partition coefficient (Wildman–Crippen LogP) is 0.630. The molecule has 0 radical (unpaired) electrons. The maximum Gasteiger partial charge on any atom is 0.339 e. The molecule has 92 valence electrons. The number of methoxy groups -OCH3 is 2. The van der Waals surface area contributed by atoms with Crippen molar-refractivity contribution in [1.29, 1.82) is 0 Å². The van der Waals surface area contributed by atoms with Gasteiger partial charge in [-0.1, -0.05) is 0 Å². The molecular formula is C11H12O6. The number of rotatable bonds is 3. The third kappa shape index (κ3) is 1.99. The predicted molar refractivity (Wildman–Crippen MR) is 56.1 cm³/mol. The minimum atomic E-state index is -1.37. The zero-order valence-electron chi connectivity index (χ0n) is 9.43. The monoisotopic (exact) mass is 240 g/mol. The Morgan fingerprint density at radius 2 is 2.18 bits per heavy atom. The van der Waals surface area contributed by atoms with Gasteiger partial charge in [-0.2, -0.15) is 0 Å². The Hall–Kier alpha value is -1.95. The first-order chi connectivity index (χ1) is 8.17. The van der Waals surface area contributed by atoms with E-state index in [9.17, 15) is 9.90 Å². The molecule has 0 fully saturated rings. The number of fused-ring (bicyclic) bond motifs is 1. The van der Waals surface area contributed by atoms with Gasteiger partial charge in [-0.3, -0.25) is 0 Å². The van der Waals surface area contributed by atoms with Crippen LogP contribution in [0.5, 0.6) is 17.2 Å². The van der Waals surface area contributed by atoms with Gasteiger partial charge in [0.2, 0.25) is 12.5 Å². The molecule has 1 unspecified atom stereocenters. The van der Waals surface area contributed by atoms with Gasteiger partial charge in [0.1, 0.15) is 0 Å². The molecule has 0 amide bonds. The van der Waals surface area contributed by atoms with E-state index in [1.807, 2.05) is 0 Å². The van der Waals surface area contributed by atoms with Gasteiger partial charge in [0.25, 0.3) is 0 Å². The summed E-state index contributed by atoms with van der Waals surface area (Å²) < 4.78 is 19.9. The Labute approximate surface area is 97.7 Å². The molecule has 1 heterocycles. The Balaban J connectivity index is 2.39. The van der Waals surface area contributed by atoms with E-state index in [1.54, 1.807) is 0 Å². The van der Waals surface area contributed by atoms with Crippen LogP contribution in [0, 0.1) is 0 Å². The van der Waals surface area contributed by atoms with Crippen molar-refractivity contribution in [1.82, 2.24) is 0 Å². The van der Waals surface area contributed by atoms with E-state index in [0.29, 0.717) is 22.8 Å². The average molecular weight is 240 g/mol. The SMILES string of the molecule is COC(=O)C(O)c1cc(OC)c2c(c1)OCO2. The maximum absolute atomic E-state index is 11.2. The van der Waals surface area contributed by atoms with Gasteiger partial charge in [0.15, 0.2) is 17.6 Å². The van der Waals surface area contributed by atoms with Crippen LogP contribution in [0.4, 0.5) is 0 Å². The first-order valence-corrected chi connectivity index (χ1v) is 4.90. The van der Waals surface area contributed by atoms with Gasteiger partial charge in [0.05, 0.1) is 14.2 Å². The fourth-order valence-electron chi connectivity index (χ4n) is 1.56. The molecule has 0 saturated heterocycles. The molecule has 1 aliphatic rings. The molecule has 6 nitrogen and oxygen atoms in total. The summed E-state index contributed by atoms with van der Waals surface area (Å²) in [5.74, 6) is 0.555. The first kappa shape index (κ1) is 11.5. The Morgan fingerprint density at radius 3 is 2.82 bits per heavy atom. The van der Waals surface area contributed by atoms with Gasteiger partial charge in [0, 0.05) is 0 Å². The van der Waals surface area contributed by atoms with Crippen LogP contribution >= 0.6 is 0 Å². The molecule has 0 aromatic heterocycles. The fraction of sp³-hybridized carbons (Fsp3) is 0.364. The Morgan fingerprint density at radius 1 is 1.41 bits per heavy atom. The molecule has 1 atom stereocenters. The van der Waals surface area contributed by atoms with Crippen molar-refractivity contribution in [3.63, 3.8) is 0 Å². The standard InChI is InChI=1S/C11H12O6/c1-14-7-3-6(9(12)11(13)15-2)4-8-10(7)17-5-16-8/h3-4,9,12H,5H2,1-2H3. The van der Waals surface area contributed by atoms with Crippen molar-refractivity contribution < 1.29 is 28.8 Å². The van der Waals surface area contributed by atoms with Gasteiger partial charge < -0.3 is 24.1 Å². The first-order valence-electron chi connectivity index (χ1n) is 4.90. The molecule has 0 aliphatic carbocycles. The number of benzene rings is 1. The molecule has 0 bridgehead atoms. The molecule has 0 saturated carbocycles. The van der Waals surface area contributed by atoms with E-state index in [0.717, 1.165) is 0 Å². The van der Waals surface area contributed by atoms with Crippen molar-refractivity contribution in [2.45, 2.75) is 6.10 Å². The molecular weight excluding hydrogens is 228 g/mol. The molecule has 1 N–H and O–H groups in total. The van der Waals surface area contributed by atoms with Crippen LogP contribution in [0.15, 0.2) is 12.1 Å². The number of hydrogen-bond donors (Lipinski definition) is 1. The topological polar surface area (TPSA) is 74.2 Å². The van der Waals surface area contributed by atoms with Crippen molar-refractivity contribution in [2.75, 3.05) is 21.0 Å². The smallest absolute Gasteiger partial charge is 0.339 e. The zero-order valence-corrected chi connectivity index (χ0v) is 9.43. The van der Waals surface area contributed by atoms with E-state index in [1.165, 1.54) is 26.4 Å². The number of carbonyl (C=O) groups is 1. The second kappa shape index (κ2) is 4.50. The summed E-state index contributed by atoms with van der Waals surface area (Å²) in [6.07, 6.45) is -1.37. The van der Waals surface area contributed by atoms with Crippen LogP contribution in [-0.4, -0.2) is 32.1 Å². The van der Waals surface area contributed by atoms with Gasteiger partial charge >= 0.3 is 5.97 Å². The maximum atomic E-state index is 11.2. The third-order valence-electron chi connectivity index (χ3n) is 2.42. The highest BCUT2D eigenvalue weighted by atomic mass is 16.7. The number of ether oxygens (including phenoxy) is 4. The Bertz CT molecular complexity index is 442. The van der Waals surface area contributed by atoms with Crippen molar-refractivity contribution in [3.05, 3.63) is 17.7 Å². The highest BCUT2D eigenvalue weighted by Crippen LogP contribution is 2.43. The van der Waals surface area contributed by atoms with E-state index in [2.05, 4.69) is 4.74 Å². The minimum Gasteiger partial charge on any atom is -0.493 e. The van der Waals surface area contributed by atoms with Gasteiger partial charge in [-0.05, 0) is 17.7 Å². The van der Waals surface area contributed by atoms with Crippen LogP contribution in [0.1, 0.15) is 11.7 Å². The van der Waals surface area contributed by atoms with Crippen LogP contribution in [-0.2, 0) is 9.53 Å². The highest BCUT2D eigenvalue weighted by molar-refractivity contribution is 5.77. The highest BCUT2D eigenvalue weighted by Gasteiger charge is 2.25. The molecule has 1 aromatic rings. The fourth-order valence-corrected chi connectivity index (χ4v) is 1.56. The van der Waals surface area contributed by atoms with E-state index < -0.39 is 12.1 Å². The largest absolute Gasteiger partial charge is 0.493 e. The number of hydrogen-bond acceptors (Lipinski definition) is 6. The molecule has 0 spiro atoms. The van der Waals surface area contributed by atoms with Crippen molar-refractivity contribution in [3.8, 4) is 17.2 Å². The van der Waals surface area contributed by atoms with E-state index in [-0.39, 0.29) is 6.79 Å². The van der Waals surface area contributed by atoms with Crippen molar-refractivity contribution >= 4 is 5.97 Å². The summed E-state index contributed by atoms with van der Waals surface area (Å²) in [6.45, 7) is 0.0868. The third-order valence-corrected chi connectivity index (χ3v) is 2.42. The lowest BCUT2D eigenvalue weighted by Crippen LogP contribution is -2.13. The van der Waals surface area contributed by atoms with Crippen LogP contribution in [0.3, 0.4) is 0 Å². The number of carbonyl (C=O) groups excluding carboxylic acids is 1. The summed E-state index contributed by atoms with van der Waals surface area (Å²) in [7, 11) is 2.67. The number of esters is 1. The molecule has 1 aliphatic heterocycles. The quantitative estimate of drug-likeness (QED) is 0.781. The van der Waals surface area contributed by atoms with Gasteiger partial charge in [-0.25, -0.2) is 4.79 Å². The summed E-state index contributed by atoms with van der Waals surface area (Å²) in [5, 5.41) is 9.71. The van der Waals surface area contributed by atoms with E-state index >= 15 is 0 Å². The summed E-state index contributed by atoms with van der Waals surface area (Å²) in [5.41, 5.74) is 0.331. The molecule has 1 aromatic carbocycles. The van der Waals surface area contributed by atoms with Crippen LogP contribution < -0.4 is 14.2 Å². The van der Waals surface area contributed by atoms with Crippen LogP contribution in [0.25, 0.3) is 0 Å². The Kier molecular flexibility index (Phi) is 3.06. The lowest BCUT2D eigenvalue weighted by molar-refractivity contribution is -0.150. The summed E-state index contributed by atoms with van der Waals surface area (Å²) >= 11 is 0. The number of aliphatic hydroxyl groups excluding tert-OH is 1. The summed E-state index contributed by atoms with van der Waals surface area (Å²) in [4.78, 5) is 11.2. The van der Waals surface area contributed by atoms with Gasteiger partial charge in [-0.15, -0.1) is 0 Å². The minimum absolute atomic E-state index is 0.0868.